The zero-order chi connectivity index (χ0) is 23.9. The molecule has 0 fully saturated rings. The molecule has 0 saturated heterocycles. The Kier molecular flexibility index (Phi) is 8.58. The van der Waals surface area contributed by atoms with Crippen LogP contribution < -0.4 is 5.32 Å². The second kappa shape index (κ2) is 10.9. The van der Waals surface area contributed by atoms with Gasteiger partial charge in [0, 0.05) is 30.6 Å². The van der Waals surface area contributed by atoms with Crippen LogP contribution in [0.1, 0.15) is 67.6 Å². The van der Waals surface area contributed by atoms with E-state index in [0.717, 1.165) is 16.7 Å². The molecule has 0 spiro atoms. The smallest absolute Gasteiger partial charge is 0.410 e. The third-order valence-corrected chi connectivity index (χ3v) is 5.09. The van der Waals surface area contributed by atoms with Crippen molar-refractivity contribution in [2.24, 2.45) is 0 Å². The van der Waals surface area contributed by atoms with Crippen molar-refractivity contribution in [3.8, 4) is 0 Å². The largest absolute Gasteiger partial charge is 0.444 e. The van der Waals surface area contributed by atoms with Crippen LogP contribution >= 0.6 is 0 Å². The van der Waals surface area contributed by atoms with E-state index in [1.165, 1.54) is 0 Å². The Labute approximate surface area is 191 Å². The van der Waals surface area contributed by atoms with Crippen LogP contribution in [0.3, 0.4) is 0 Å². The minimum atomic E-state index is -0.583. The van der Waals surface area contributed by atoms with Crippen molar-refractivity contribution in [3.63, 3.8) is 0 Å². The predicted molar refractivity (Wildman–Crippen MR) is 127 cm³/mol. The number of nitrogens with one attached hydrogen (secondary N) is 1. The third kappa shape index (κ3) is 7.52. The monoisotopic (exact) mass is 438 g/mol. The first-order chi connectivity index (χ1) is 15.0. The molecule has 0 aliphatic heterocycles. The van der Waals surface area contributed by atoms with Crippen molar-refractivity contribution < 1.29 is 19.1 Å². The molecule has 2 aromatic rings. The summed E-state index contributed by atoms with van der Waals surface area (Å²) < 4.78 is 5.47. The highest BCUT2D eigenvalue weighted by molar-refractivity contribution is 6.00. The van der Waals surface area contributed by atoms with Gasteiger partial charge >= 0.3 is 6.09 Å². The number of carbonyl (C=O) groups excluding carboxylic acids is 3. The molecule has 0 unspecified atom stereocenters. The van der Waals surface area contributed by atoms with Crippen molar-refractivity contribution in [2.45, 2.75) is 66.5 Å². The first-order valence-corrected chi connectivity index (χ1v) is 11.0. The number of aryl methyl sites for hydroxylation is 2. The van der Waals surface area contributed by atoms with Gasteiger partial charge in [0.05, 0.1) is 6.54 Å². The van der Waals surface area contributed by atoms with Crippen LogP contribution in [0.2, 0.25) is 0 Å². The van der Waals surface area contributed by atoms with E-state index in [2.05, 4.69) is 5.32 Å². The van der Waals surface area contributed by atoms with E-state index >= 15 is 0 Å². The quantitative estimate of drug-likeness (QED) is 0.540. The van der Waals surface area contributed by atoms with Gasteiger partial charge in [-0.05, 0) is 70.4 Å². The van der Waals surface area contributed by atoms with Gasteiger partial charge in [-0.3, -0.25) is 9.59 Å². The summed E-state index contributed by atoms with van der Waals surface area (Å²) in [4.78, 5) is 39.0. The minimum Gasteiger partial charge on any atom is -0.444 e. The highest BCUT2D eigenvalue weighted by Crippen LogP contribution is 2.20. The third-order valence-electron chi connectivity index (χ3n) is 5.09. The summed E-state index contributed by atoms with van der Waals surface area (Å²) in [6, 6.07) is 12.9. The van der Waals surface area contributed by atoms with Gasteiger partial charge in [-0.25, -0.2) is 4.79 Å². The average Bonchev–Trinajstić information content (AvgIpc) is 2.72. The summed E-state index contributed by atoms with van der Waals surface area (Å²) >= 11 is 0. The Morgan fingerprint density at radius 1 is 0.969 bits per heavy atom. The van der Waals surface area contributed by atoms with E-state index in [1.807, 2.05) is 71.9 Å². The number of ketones is 1. The predicted octanol–water partition coefficient (Wildman–Crippen LogP) is 5.66. The molecule has 172 valence electrons. The summed E-state index contributed by atoms with van der Waals surface area (Å²) in [6.07, 6.45) is -0.181. The van der Waals surface area contributed by atoms with Crippen LogP contribution in [0.15, 0.2) is 42.5 Å². The SMILES string of the molecule is CCN(Cc1ccccc1NC(=O)CCC(=O)c1ccc(C)c(C)c1)C(=O)OC(C)(C)C. The maximum absolute atomic E-state index is 12.5. The first kappa shape index (κ1) is 25.1. The molecule has 0 radical (unpaired) electrons. The molecule has 6 nitrogen and oxygen atoms in total. The molecule has 2 aromatic carbocycles. The number of rotatable bonds is 8. The van der Waals surface area contributed by atoms with E-state index < -0.39 is 11.7 Å². The molecule has 32 heavy (non-hydrogen) atoms. The van der Waals surface area contributed by atoms with Crippen LogP contribution in [-0.4, -0.2) is 34.8 Å². The van der Waals surface area contributed by atoms with Crippen LogP contribution in [0.25, 0.3) is 0 Å². The van der Waals surface area contributed by atoms with Crippen LogP contribution in [0.4, 0.5) is 10.5 Å². The lowest BCUT2D eigenvalue weighted by molar-refractivity contribution is -0.116. The Balaban J connectivity index is 2.00. The molecule has 0 atom stereocenters. The molecule has 0 aliphatic rings. The van der Waals surface area contributed by atoms with Gasteiger partial charge in [-0.2, -0.15) is 0 Å². The van der Waals surface area contributed by atoms with Crippen LogP contribution in [0, 0.1) is 13.8 Å². The summed E-state index contributed by atoms with van der Waals surface area (Å²) in [5, 5.41) is 2.88. The van der Waals surface area contributed by atoms with Gasteiger partial charge in [0.15, 0.2) is 5.78 Å². The summed E-state index contributed by atoms with van der Waals surface area (Å²) in [5.74, 6) is -0.298. The number of hydrogen-bond donors (Lipinski definition) is 1. The van der Waals surface area contributed by atoms with Crippen molar-refractivity contribution in [2.75, 3.05) is 11.9 Å². The highest BCUT2D eigenvalue weighted by atomic mass is 16.6. The lowest BCUT2D eigenvalue weighted by atomic mass is 10.0. The van der Waals surface area contributed by atoms with Gasteiger partial charge in [0.2, 0.25) is 5.91 Å². The average molecular weight is 439 g/mol. The molecule has 1 N–H and O–H groups in total. The zero-order valence-electron chi connectivity index (χ0n) is 20.0. The van der Waals surface area contributed by atoms with Gasteiger partial charge in [0.1, 0.15) is 5.60 Å². The van der Waals surface area contributed by atoms with Crippen molar-refractivity contribution in [3.05, 3.63) is 64.7 Å². The molecule has 0 bridgehead atoms. The fourth-order valence-corrected chi connectivity index (χ4v) is 3.12. The summed E-state index contributed by atoms with van der Waals surface area (Å²) in [6.45, 7) is 12.1. The Hall–Kier alpha value is -3.15. The van der Waals surface area contributed by atoms with E-state index in [4.69, 9.17) is 4.74 Å². The summed E-state index contributed by atoms with van der Waals surface area (Å²) in [5.41, 5.74) is 3.65. The molecule has 0 aromatic heterocycles. The Morgan fingerprint density at radius 3 is 2.28 bits per heavy atom. The molecule has 2 amide bonds. The van der Waals surface area contributed by atoms with E-state index in [1.54, 1.807) is 17.0 Å². The lowest BCUT2D eigenvalue weighted by Crippen LogP contribution is -2.36. The van der Waals surface area contributed by atoms with Gasteiger partial charge in [-0.1, -0.05) is 30.3 Å². The van der Waals surface area contributed by atoms with Crippen molar-refractivity contribution in [1.29, 1.82) is 0 Å². The fourth-order valence-electron chi connectivity index (χ4n) is 3.12. The number of carbonyl (C=O) groups is 3. The standard InChI is InChI=1S/C26H34N2O4/c1-7-28(25(31)32-26(4,5)6)17-21-10-8-9-11-22(21)27-24(30)15-14-23(29)20-13-12-18(2)19(3)16-20/h8-13,16H,7,14-15,17H2,1-6H3,(H,27,30). The van der Waals surface area contributed by atoms with E-state index in [9.17, 15) is 14.4 Å². The second-order valence-electron chi connectivity index (χ2n) is 8.92. The maximum atomic E-state index is 12.5. The van der Waals surface area contributed by atoms with E-state index in [0.29, 0.717) is 24.3 Å². The Morgan fingerprint density at radius 2 is 1.66 bits per heavy atom. The topological polar surface area (TPSA) is 75.7 Å². The normalized spacial score (nSPS) is 11.1. The van der Waals surface area contributed by atoms with Gasteiger partial charge in [0.25, 0.3) is 0 Å². The van der Waals surface area contributed by atoms with Gasteiger partial charge < -0.3 is 15.0 Å². The molecular formula is C26H34N2O4. The second-order valence-corrected chi connectivity index (χ2v) is 8.92. The lowest BCUT2D eigenvalue weighted by Gasteiger charge is -2.27. The fraction of sp³-hybridized carbons (Fsp3) is 0.423. The minimum absolute atomic E-state index is 0.0568. The number of para-hydroxylation sites is 1. The number of amides is 2. The number of nitrogens with zero attached hydrogens (tertiary/aromatic N) is 1. The molecule has 0 saturated carbocycles. The highest BCUT2D eigenvalue weighted by Gasteiger charge is 2.22. The first-order valence-electron chi connectivity index (χ1n) is 11.0. The Bertz CT molecular complexity index is 976. The van der Waals surface area contributed by atoms with Crippen LogP contribution in [-0.2, 0) is 16.1 Å². The van der Waals surface area contributed by atoms with Gasteiger partial charge in [-0.15, -0.1) is 0 Å². The molecule has 6 heteroatoms. The number of benzene rings is 2. The number of Topliss-reactive ketones (excluding diaryl/α,β-unsaturated/α-hetero) is 1. The van der Waals surface area contributed by atoms with Crippen molar-refractivity contribution >= 4 is 23.5 Å². The zero-order valence-corrected chi connectivity index (χ0v) is 20.0. The van der Waals surface area contributed by atoms with Crippen molar-refractivity contribution in [1.82, 2.24) is 4.90 Å². The maximum Gasteiger partial charge on any atom is 0.410 e. The molecule has 0 heterocycles. The number of ether oxygens (including phenoxy) is 1. The molecule has 0 aliphatic carbocycles. The summed E-state index contributed by atoms with van der Waals surface area (Å²) in [7, 11) is 0. The number of anilines is 1. The van der Waals surface area contributed by atoms with Crippen LogP contribution in [0.5, 0.6) is 0 Å². The molecular weight excluding hydrogens is 404 g/mol. The molecule has 2 rings (SSSR count). The number of hydrogen-bond acceptors (Lipinski definition) is 4. The van der Waals surface area contributed by atoms with E-state index in [-0.39, 0.29) is 24.5 Å².